The third-order valence-electron chi connectivity index (χ3n) is 5.12. The van der Waals surface area contributed by atoms with Crippen LogP contribution in [0.1, 0.15) is 91.4 Å². The van der Waals surface area contributed by atoms with Crippen LogP contribution >= 0.6 is 0 Å². The summed E-state index contributed by atoms with van der Waals surface area (Å²) >= 11 is 0. The standard InChI is InChI=1S/C20H38N4/c1-4-6-7-8-9-10-11-12-13-14-20-21-15-16-23(20)24-17-18(3)22-19(24)5-2/h18H,4-17H2,1-3H3. The van der Waals surface area contributed by atoms with Crippen LogP contribution in [0.25, 0.3) is 0 Å². The van der Waals surface area contributed by atoms with E-state index in [-0.39, 0.29) is 0 Å². The van der Waals surface area contributed by atoms with Crippen molar-refractivity contribution in [3.05, 3.63) is 0 Å². The summed E-state index contributed by atoms with van der Waals surface area (Å²) in [7, 11) is 0. The average Bonchev–Trinajstić information content (AvgIpc) is 3.19. The summed E-state index contributed by atoms with van der Waals surface area (Å²) in [6.45, 7) is 9.72. The van der Waals surface area contributed by atoms with E-state index in [0.29, 0.717) is 6.04 Å². The van der Waals surface area contributed by atoms with Gasteiger partial charge in [0.25, 0.3) is 0 Å². The van der Waals surface area contributed by atoms with Crippen LogP contribution in [-0.2, 0) is 0 Å². The molecule has 0 spiro atoms. The summed E-state index contributed by atoms with van der Waals surface area (Å²) in [5.41, 5.74) is 0. The van der Waals surface area contributed by atoms with Crippen LogP contribution in [-0.4, -0.2) is 47.4 Å². The molecule has 0 saturated heterocycles. The fourth-order valence-electron chi connectivity index (χ4n) is 3.78. The predicted molar refractivity (Wildman–Crippen MR) is 105 cm³/mol. The third kappa shape index (κ3) is 5.78. The molecule has 2 rings (SSSR count). The highest BCUT2D eigenvalue weighted by Gasteiger charge is 2.30. The van der Waals surface area contributed by atoms with Crippen LogP contribution in [0.5, 0.6) is 0 Å². The lowest BCUT2D eigenvalue weighted by molar-refractivity contribution is 0.149. The van der Waals surface area contributed by atoms with Crippen molar-refractivity contribution in [2.24, 2.45) is 9.98 Å². The summed E-state index contributed by atoms with van der Waals surface area (Å²) < 4.78 is 0. The lowest BCUT2D eigenvalue weighted by Gasteiger charge is -2.33. The van der Waals surface area contributed by atoms with Gasteiger partial charge < -0.3 is 0 Å². The summed E-state index contributed by atoms with van der Waals surface area (Å²) in [6, 6.07) is 0.425. The predicted octanol–water partition coefficient (Wildman–Crippen LogP) is 5.05. The molecule has 0 aromatic carbocycles. The lowest BCUT2D eigenvalue weighted by Crippen LogP contribution is -2.47. The van der Waals surface area contributed by atoms with E-state index < -0.39 is 0 Å². The molecule has 4 nitrogen and oxygen atoms in total. The molecule has 2 aliphatic heterocycles. The second-order valence-corrected chi connectivity index (χ2v) is 7.33. The molecule has 4 heteroatoms. The van der Waals surface area contributed by atoms with Gasteiger partial charge in [-0.1, -0.05) is 65.2 Å². The number of hydrogen-bond acceptors (Lipinski definition) is 4. The largest absolute Gasteiger partial charge is 0.269 e. The number of hydrazine groups is 1. The molecule has 2 heterocycles. The number of nitrogens with zero attached hydrogens (tertiary/aromatic N) is 4. The molecule has 0 radical (unpaired) electrons. The maximum Gasteiger partial charge on any atom is 0.118 e. The van der Waals surface area contributed by atoms with Gasteiger partial charge in [-0.15, -0.1) is 0 Å². The average molecular weight is 335 g/mol. The second kappa shape index (κ2) is 10.7. The number of rotatable bonds is 12. The second-order valence-electron chi connectivity index (χ2n) is 7.33. The van der Waals surface area contributed by atoms with Crippen molar-refractivity contribution >= 4 is 11.7 Å². The summed E-state index contributed by atoms with van der Waals surface area (Å²) in [5.74, 6) is 2.54. The summed E-state index contributed by atoms with van der Waals surface area (Å²) in [4.78, 5) is 9.53. The van der Waals surface area contributed by atoms with Crippen molar-refractivity contribution < 1.29 is 0 Å². The van der Waals surface area contributed by atoms with Gasteiger partial charge in [0.1, 0.15) is 11.7 Å². The smallest absolute Gasteiger partial charge is 0.118 e. The van der Waals surface area contributed by atoms with Crippen LogP contribution < -0.4 is 0 Å². The van der Waals surface area contributed by atoms with E-state index in [0.717, 1.165) is 32.5 Å². The summed E-state index contributed by atoms with van der Waals surface area (Å²) in [6.07, 6.45) is 14.6. The highest BCUT2D eigenvalue weighted by atomic mass is 15.7. The monoisotopic (exact) mass is 334 g/mol. The zero-order valence-electron chi connectivity index (χ0n) is 16.3. The molecule has 0 saturated carbocycles. The third-order valence-corrected chi connectivity index (χ3v) is 5.12. The first kappa shape index (κ1) is 19.3. The van der Waals surface area contributed by atoms with Gasteiger partial charge in [-0.05, 0) is 13.3 Å². The molecule has 0 aromatic heterocycles. The topological polar surface area (TPSA) is 31.2 Å². The van der Waals surface area contributed by atoms with E-state index in [1.165, 1.54) is 69.5 Å². The van der Waals surface area contributed by atoms with Gasteiger partial charge in [0.05, 0.1) is 25.7 Å². The SMILES string of the molecule is CCCCCCCCCCCC1=NCCN1N1CC(C)N=C1CC. The first-order valence-electron chi connectivity index (χ1n) is 10.4. The minimum Gasteiger partial charge on any atom is -0.269 e. The Kier molecular flexibility index (Phi) is 8.62. The Morgan fingerprint density at radius 2 is 1.54 bits per heavy atom. The number of aliphatic imine (C=N–C) groups is 2. The Hall–Kier alpha value is -1.06. The van der Waals surface area contributed by atoms with Crippen molar-refractivity contribution in [3.8, 4) is 0 Å². The van der Waals surface area contributed by atoms with Crippen LogP contribution in [0.3, 0.4) is 0 Å². The fraction of sp³-hybridized carbons (Fsp3) is 0.900. The molecule has 1 atom stereocenters. The number of hydrogen-bond donors (Lipinski definition) is 0. The summed E-state index contributed by atoms with van der Waals surface area (Å²) in [5, 5.41) is 4.81. The van der Waals surface area contributed by atoms with Gasteiger partial charge in [0.15, 0.2) is 0 Å². The molecule has 0 N–H and O–H groups in total. The first-order valence-corrected chi connectivity index (χ1v) is 10.4. The number of unbranched alkanes of at least 4 members (excludes halogenated alkanes) is 8. The zero-order valence-corrected chi connectivity index (χ0v) is 16.3. The van der Waals surface area contributed by atoms with Crippen molar-refractivity contribution in [3.63, 3.8) is 0 Å². The van der Waals surface area contributed by atoms with Gasteiger partial charge in [-0.3, -0.25) is 20.0 Å². The highest BCUT2D eigenvalue weighted by molar-refractivity contribution is 5.89. The maximum absolute atomic E-state index is 4.77. The fourth-order valence-corrected chi connectivity index (χ4v) is 3.78. The molecule has 2 aliphatic rings. The molecule has 0 bridgehead atoms. The molecule has 0 amide bonds. The Morgan fingerprint density at radius 3 is 2.21 bits per heavy atom. The lowest BCUT2D eigenvalue weighted by atomic mass is 10.1. The normalized spacial score (nSPS) is 20.7. The Balaban J connectivity index is 1.61. The molecule has 0 aliphatic carbocycles. The van der Waals surface area contributed by atoms with Gasteiger partial charge in [0.2, 0.25) is 0 Å². The molecule has 24 heavy (non-hydrogen) atoms. The molecular formula is C20H38N4. The first-order chi connectivity index (χ1) is 11.8. The maximum atomic E-state index is 4.77. The van der Waals surface area contributed by atoms with Crippen molar-refractivity contribution in [2.45, 2.75) is 97.4 Å². The van der Waals surface area contributed by atoms with Gasteiger partial charge in [-0.25, -0.2) is 0 Å². The van der Waals surface area contributed by atoms with E-state index in [4.69, 9.17) is 9.98 Å². The Bertz CT molecular complexity index is 416. The van der Waals surface area contributed by atoms with Crippen LogP contribution in [0.15, 0.2) is 9.98 Å². The molecule has 0 aromatic rings. The Labute approximate surface area is 149 Å². The minimum atomic E-state index is 0.425. The van der Waals surface area contributed by atoms with Crippen molar-refractivity contribution in [1.29, 1.82) is 0 Å². The van der Waals surface area contributed by atoms with Crippen molar-refractivity contribution in [1.82, 2.24) is 10.0 Å². The van der Waals surface area contributed by atoms with E-state index in [9.17, 15) is 0 Å². The molecule has 138 valence electrons. The van der Waals surface area contributed by atoms with Crippen LogP contribution in [0, 0.1) is 0 Å². The van der Waals surface area contributed by atoms with E-state index >= 15 is 0 Å². The van der Waals surface area contributed by atoms with E-state index in [1.54, 1.807) is 0 Å². The van der Waals surface area contributed by atoms with Crippen LogP contribution in [0.4, 0.5) is 0 Å². The van der Waals surface area contributed by atoms with E-state index in [2.05, 4.69) is 30.8 Å². The van der Waals surface area contributed by atoms with Crippen molar-refractivity contribution in [2.75, 3.05) is 19.6 Å². The minimum absolute atomic E-state index is 0.425. The highest BCUT2D eigenvalue weighted by Crippen LogP contribution is 2.20. The van der Waals surface area contributed by atoms with Crippen LogP contribution in [0.2, 0.25) is 0 Å². The molecule has 1 unspecified atom stereocenters. The number of amidine groups is 2. The molecular weight excluding hydrogens is 296 g/mol. The van der Waals surface area contributed by atoms with Gasteiger partial charge in [-0.2, -0.15) is 0 Å². The van der Waals surface area contributed by atoms with Gasteiger partial charge in [0, 0.05) is 12.8 Å². The van der Waals surface area contributed by atoms with E-state index in [1.807, 2.05) is 0 Å². The van der Waals surface area contributed by atoms with Gasteiger partial charge >= 0.3 is 0 Å². The zero-order chi connectivity index (χ0) is 17.2. The Morgan fingerprint density at radius 1 is 0.875 bits per heavy atom. The molecule has 0 fully saturated rings. The quantitative estimate of drug-likeness (QED) is 0.468.